The Balaban J connectivity index is 1.82. The van der Waals surface area contributed by atoms with E-state index >= 15 is 0 Å². The Bertz CT molecular complexity index is 641. The van der Waals surface area contributed by atoms with Gasteiger partial charge in [-0.3, -0.25) is 10.4 Å². The second-order valence-electron chi connectivity index (χ2n) is 4.58. The van der Waals surface area contributed by atoms with Gasteiger partial charge in [-0.05, 0) is 42.9 Å². The van der Waals surface area contributed by atoms with Gasteiger partial charge in [0.1, 0.15) is 5.75 Å². The third kappa shape index (κ3) is 4.82. The van der Waals surface area contributed by atoms with E-state index < -0.39 is 0 Å². The zero-order valence-corrected chi connectivity index (χ0v) is 13.4. The van der Waals surface area contributed by atoms with E-state index in [9.17, 15) is 0 Å². The van der Waals surface area contributed by atoms with Gasteiger partial charge in [-0.25, -0.2) is 0 Å². The standard InChI is InChI=1S/C16H18N4OS/c1-12(14-4-3-9-17-11-14)19-20-16(22)18-10-13-5-7-15(21-2)8-6-13/h3-9,11H,10H2,1-2H3,(H2,18,20,22)/b19-12-. The first-order valence-electron chi connectivity index (χ1n) is 6.80. The van der Waals surface area contributed by atoms with Gasteiger partial charge < -0.3 is 10.1 Å². The highest BCUT2D eigenvalue weighted by Gasteiger charge is 1.99. The topological polar surface area (TPSA) is 58.5 Å². The summed E-state index contributed by atoms with van der Waals surface area (Å²) in [6.45, 7) is 2.52. The molecule has 0 saturated carbocycles. The van der Waals surface area contributed by atoms with Crippen molar-refractivity contribution in [3.63, 3.8) is 0 Å². The molecule has 2 N–H and O–H groups in total. The monoisotopic (exact) mass is 314 g/mol. The lowest BCUT2D eigenvalue weighted by Gasteiger charge is -2.08. The van der Waals surface area contributed by atoms with Crippen molar-refractivity contribution in [1.29, 1.82) is 0 Å². The number of benzene rings is 1. The van der Waals surface area contributed by atoms with Crippen LogP contribution in [0.5, 0.6) is 5.75 Å². The highest BCUT2D eigenvalue weighted by molar-refractivity contribution is 7.80. The molecule has 1 heterocycles. The molecule has 1 aromatic carbocycles. The summed E-state index contributed by atoms with van der Waals surface area (Å²) in [6, 6.07) is 11.6. The fraction of sp³-hybridized carbons (Fsp3) is 0.188. The number of hydrazone groups is 1. The van der Waals surface area contributed by atoms with Crippen LogP contribution < -0.4 is 15.5 Å². The maximum atomic E-state index is 5.20. The third-order valence-electron chi connectivity index (χ3n) is 3.02. The highest BCUT2D eigenvalue weighted by Crippen LogP contribution is 2.10. The summed E-state index contributed by atoms with van der Waals surface area (Å²) in [4.78, 5) is 4.06. The SMILES string of the molecule is COc1ccc(CNC(=S)N/N=C(/C)c2cccnc2)cc1. The third-order valence-corrected chi connectivity index (χ3v) is 3.25. The number of methoxy groups -OCH3 is 1. The van der Waals surface area contributed by atoms with E-state index in [-0.39, 0.29) is 0 Å². The fourth-order valence-electron chi connectivity index (χ4n) is 1.74. The van der Waals surface area contributed by atoms with E-state index in [2.05, 4.69) is 20.8 Å². The van der Waals surface area contributed by atoms with Gasteiger partial charge in [0.15, 0.2) is 5.11 Å². The molecule has 22 heavy (non-hydrogen) atoms. The Morgan fingerprint density at radius 2 is 2.05 bits per heavy atom. The lowest BCUT2D eigenvalue weighted by atomic mass is 10.2. The van der Waals surface area contributed by atoms with Crippen molar-refractivity contribution >= 4 is 23.0 Å². The Morgan fingerprint density at radius 3 is 2.68 bits per heavy atom. The normalized spacial score (nSPS) is 10.9. The molecule has 0 amide bonds. The van der Waals surface area contributed by atoms with Gasteiger partial charge in [-0.2, -0.15) is 5.10 Å². The largest absolute Gasteiger partial charge is 0.497 e. The minimum atomic E-state index is 0.471. The summed E-state index contributed by atoms with van der Waals surface area (Å²) in [7, 11) is 1.65. The molecular formula is C16H18N4OS. The molecule has 5 nitrogen and oxygen atoms in total. The van der Waals surface area contributed by atoms with Crippen LogP contribution in [0.3, 0.4) is 0 Å². The number of hydrogen-bond acceptors (Lipinski definition) is 4. The molecule has 0 atom stereocenters. The van der Waals surface area contributed by atoms with Crippen LogP contribution in [0.2, 0.25) is 0 Å². The first-order valence-corrected chi connectivity index (χ1v) is 7.21. The second kappa shape index (κ2) is 8.09. The minimum absolute atomic E-state index is 0.471. The first-order chi connectivity index (χ1) is 10.7. The van der Waals surface area contributed by atoms with Gasteiger partial charge in [0.05, 0.1) is 12.8 Å². The van der Waals surface area contributed by atoms with Crippen LogP contribution in [0.25, 0.3) is 0 Å². The molecule has 2 aromatic rings. The van der Waals surface area contributed by atoms with Crippen LogP contribution in [-0.4, -0.2) is 22.9 Å². The number of hydrogen-bond donors (Lipinski definition) is 2. The lowest BCUT2D eigenvalue weighted by Crippen LogP contribution is -2.32. The van der Waals surface area contributed by atoms with Gasteiger partial charge in [-0.15, -0.1) is 0 Å². The number of aromatic nitrogens is 1. The Kier molecular flexibility index (Phi) is 5.85. The van der Waals surface area contributed by atoms with Crippen molar-refractivity contribution in [3.8, 4) is 5.75 Å². The molecule has 0 aliphatic heterocycles. The summed E-state index contributed by atoms with van der Waals surface area (Å²) in [6.07, 6.45) is 3.49. The molecule has 2 rings (SSSR count). The number of ether oxygens (including phenoxy) is 1. The van der Waals surface area contributed by atoms with Crippen molar-refractivity contribution < 1.29 is 4.74 Å². The quantitative estimate of drug-likeness (QED) is 0.504. The number of thiocarbonyl (C=S) groups is 1. The van der Waals surface area contributed by atoms with Crippen LogP contribution in [-0.2, 0) is 6.54 Å². The first kappa shape index (κ1) is 15.9. The average molecular weight is 314 g/mol. The lowest BCUT2D eigenvalue weighted by molar-refractivity contribution is 0.414. The molecule has 0 saturated heterocycles. The van der Waals surface area contributed by atoms with Crippen molar-refractivity contribution in [3.05, 3.63) is 59.9 Å². The predicted octanol–water partition coefficient (Wildman–Crippen LogP) is 2.48. The van der Waals surface area contributed by atoms with E-state index in [0.29, 0.717) is 11.7 Å². The number of pyridine rings is 1. The minimum Gasteiger partial charge on any atom is -0.497 e. The molecule has 1 aromatic heterocycles. The predicted molar refractivity (Wildman–Crippen MR) is 92.0 cm³/mol. The van der Waals surface area contributed by atoms with Crippen LogP contribution in [0.1, 0.15) is 18.1 Å². The molecule has 0 unspecified atom stereocenters. The summed E-state index contributed by atoms with van der Waals surface area (Å²) in [5.74, 6) is 0.834. The molecule has 114 valence electrons. The van der Waals surface area contributed by atoms with Gasteiger partial charge >= 0.3 is 0 Å². The van der Waals surface area contributed by atoms with E-state index in [0.717, 1.165) is 22.6 Å². The Morgan fingerprint density at radius 1 is 1.27 bits per heavy atom. The van der Waals surface area contributed by atoms with Crippen molar-refractivity contribution in [2.75, 3.05) is 7.11 Å². The molecule has 0 fully saturated rings. The maximum Gasteiger partial charge on any atom is 0.187 e. The zero-order valence-electron chi connectivity index (χ0n) is 12.5. The summed E-state index contributed by atoms with van der Waals surface area (Å²) < 4.78 is 5.12. The van der Waals surface area contributed by atoms with E-state index in [4.69, 9.17) is 17.0 Å². The van der Waals surface area contributed by atoms with Gasteiger partial charge in [0.25, 0.3) is 0 Å². The van der Waals surface area contributed by atoms with Crippen LogP contribution in [0, 0.1) is 0 Å². The van der Waals surface area contributed by atoms with Crippen molar-refractivity contribution in [2.24, 2.45) is 5.10 Å². The van der Waals surface area contributed by atoms with Crippen LogP contribution in [0.4, 0.5) is 0 Å². The van der Waals surface area contributed by atoms with Gasteiger partial charge in [0, 0.05) is 24.5 Å². The highest BCUT2D eigenvalue weighted by atomic mass is 32.1. The number of rotatable bonds is 5. The number of nitrogens with one attached hydrogen (secondary N) is 2. The molecule has 0 aliphatic carbocycles. The van der Waals surface area contributed by atoms with Crippen LogP contribution >= 0.6 is 12.2 Å². The summed E-state index contributed by atoms with van der Waals surface area (Å²) in [5.41, 5.74) is 5.71. The molecule has 0 spiro atoms. The smallest absolute Gasteiger partial charge is 0.187 e. The Labute approximate surface area is 135 Å². The molecular weight excluding hydrogens is 296 g/mol. The number of nitrogens with zero attached hydrogens (tertiary/aromatic N) is 2. The zero-order chi connectivity index (χ0) is 15.8. The summed E-state index contributed by atoms with van der Waals surface area (Å²) in [5, 5.41) is 7.81. The average Bonchev–Trinajstić information content (AvgIpc) is 2.59. The molecule has 0 bridgehead atoms. The Hall–Kier alpha value is -2.47. The van der Waals surface area contributed by atoms with Gasteiger partial charge in [-0.1, -0.05) is 18.2 Å². The molecule has 6 heteroatoms. The van der Waals surface area contributed by atoms with Crippen LogP contribution in [0.15, 0.2) is 53.9 Å². The maximum absolute atomic E-state index is 5.20. The van der Waals surface area contributed by atoms with E-state index in [1.807, 2.05) is 43.3 Å². The molecule has 0 radical (unpaired) electrons. The second-order valence-corrected chi connectivity index (χ2v) is 4.99. The summed E-state index contributed by atoms with van der Waals surface area (Å²) >= 11 is 5.20. The van der Waals surface area contributed by atoms with E-state index in [1.165, 1.54) is 0 Å². The fourth-order valence-corrected chi connectivity index (χ4v) is 1.86. The molecule has 0 aliphatic rings. The van der Waals surface area contributed by atoms with Crippen molar-refractivity contribution in [1.82, 2.24) is 15.7 Å². The van der Waals surface area contributed by atoms with Crippen molar-refractivity contribution in [2.45, 2.75) is 13.5 Å². The van der Waals surface area contributed by atoms with E-state index in [1.54, 1.807) is 19.5 Å². The van der Waals surface area contributed by atoms with Gasteiger partial charge in [0.2, 0.25) is 0 Å².